The standard InChI is InChI=1S/C44H32F6N4O11/c1-61-39(57)31-21-33(51-53(35(31)41(59)63-3)27-13-9-25(10-14-27)43(45,46)47)37(55)23-5-17-29(18-6-23)65-30-19-7-24(8-20-30)38(56)34-22-32(40(58)62-2)36(42(60)64-4)54(52-34)28-15-11-26(12-16-28)44(48,49)50/h5-22,35-36H,1-4H3. The lowest BCUT2D eigenvalue weighted by atomic mass is 9.98. The molecule has 336 valence electrons. The second-order valence-electron chi connectivity index (χ2n) is 13.6. The minimum Gasteiger partial charge on any atom is -0.467 e. The zero-order valence-electron chi connectivity index (χ0n) is 34.1. The fourth-order valence-corrected chi connectivity index (χ4v) is 6.40. The van der Waals surface area contributed by atoms with E-state index >= 15 is 0 Å². The molecule has 2 aliphatic rings. The highest BCUT2D eigenvalue weighted by molar-refractivity contribution is 6.51. The Morgan fingerprint density at radius 1 is 0.477 bits per heavy atom. The van der Waals surface area contributed by atoms with E-state index in [1.54, 1.807) is 0 Å². The summed E-state index contributed by atoms with van der Waals surface area (Å²) in [6.07, 6.45) is -7.34. The van der Waals surface area contributed by atoms with Gasteiger partial charge in [-0.2, -0.15) is 36.5 Å². The smallest absolute Gasteiger partial charge is 0.416 e. The Bertz CT molecular complexity index is 2470. The summed E-state index contributed by atoms with van der Waals surface area (Å²) in [5.74, 6) is -5.31. The van der Waals surface area contributed by atoms with Gasteiger partial charge in [0.05, 0.1) is 62.1 Å². The number of rotatable bonds is 12. The molecule has 0 bridgehead atoms. The van der Waals surface area contributed by atoms with Crippen LogP contribution in [0.25, 0.3) is 0 Å². The molecule has 0 fully saturated rings. The van der Waals surface area contributed by atoms with Crippen LogP contribution in [0.5, 0.6) is 11.5 Å². The van der Waals surface area contributed by atoms with E-state index in [0.717, 1.165) is 99.1 Å². The molecule has 0 N–H and O–H groups in total. The number of esters is 4. The highest BCUT2D eigenvalue weighted by Crippen LogP contribution is 2.35. The molecule has 4 aromatic rings. The number of ether oxygens (including phenoxy) is 5. The lowest BCUT2D eigenvalue weighted by Gasteiger charge is -2.31. The van der Waals surface area contributed by atoms with Gasteiger partial charge in [-0.3, -0.25) is 9.59 Å². The van der Waals surface area contributed by atoms with Crippen LogP contribution < -0.4 is 14.8 Å². The third-order valence-corrected chi connectivity index (χ3v) is 9.64. The molecule has 0 saturated carbocycles. The second kappa shape index (κ2) is 18.7. The second-order valence-corrected chi connectivity index (χ2v) is 13.6. The Kier molecular flexibility index (Phi) is 13.4. The molecule has 2 atom stereocenters. The van der Waals surface area contributed by atoms with Gasteiger partial charge in [0.1, 0.15) is 22.9 Å². The van der Waals surface area contributed by atoms with Crippen molar-refractivity contribution in [2.45, 2.75) is 24.4 Å². The van der Waals surface area contributed by atoms with Crippen molar-refractivity contribution in [3.05, 3.63) is 143 Å². The first kappa shape index (κ1) is 46.4. The molecule has 6 rings (SSSR count). The highest BCUT2D eigenvalue weighted by atomic mass is 19.4. The SMILES string of the molecule is COC(=O)C1=CC(C(=O)c2ccc(Oc3ccc(C(=O)C4=NN(c5ccc(C(F)(F)F)cc5)C(C(=O)OC)C(C(=O)OC)=C4)cc3)cc2)=NN(c2ccc(C(F)(F)F)cc2)C1C(=O)OC. The number of carbonyl (C=O) groups excluding carboxylic acids is 6. The highest BCUT2D eigenvalue weighted by Gasteiger charge is 2.42. The molecule has 0 radical (unpaired) electrons. The van der Waals surface area contributed by atoms with E-state index in [9.17, 15) is 55.1 Å². The maximum Gasteiger partial charge on any atom is 0.416 e. The molecular weight excluding hydrogens is 874 g/mol. The first-order chi connectivity index (χ1) is 30.8. The number of alkyl halides is 6. The van der Waals surface area contributed by atoms with E-state index < -0.39 is 93.6 Å². The van der Waals surface area contributed by atoms with Crippen molar-refractivity contribution in [2.75, 3.05) is 38.5 Å². The molecule has 21 heteroatoms. The normalized spacial score (nSPS) is 16.2. The fourth-order valence-electron chi connectivity index (χ4n) is 6.40. The molecule has 2 unspecified atom stereocenters. The number of nitrogens with zero attached hydrogens (tertiary/aromatic N) is 4. The van der Waals surface area contributed by atoms with Crippen LogP contribution in [0.2, 0.25) is 0 Å². The van der Waals surface area contributed by atoms with E-state index in [0.29, 0.717) is 0 Å². The summed E-state index contributed by atoms with van der Waals surface area (Å²) in [4.78, 5) is 79.1. The third-order valence-electron chi connectivity index (χ3n) is 9.64. The van der Waals surface area contributed by atoms with Crippen LogP contribution in [-0.4, -0.2) is 87.4 Å². The predicted molar refractivity (Wildman–Crippen MR) is 216 cm³/mol. The molecule has 2 aliphatic heterocycles. The zero-order valence-corrected chi connectivity index (χ0v) is 34.1. The Labute approximate surface area is 363 Å². The number of anilines is 2. The summed E-state index contributed by atoms with van der Waals surface area (Å²) in [6, 6.07) is 14.6. The van der Waals surface area contributed by atoms with Gasteiger partial charge in [-0.05, 0) is 109 Å². The van der Waals surface area contributed by atoms with Crippen LogP contribution in [0.15, 0.2) is 131 Å². The lowest BCUT2D eigenvalue weighted by molar-refractivity contribution is -0.144. The summed E-state index contributed by atoms with van der Waals surface area (Å²) in [7, 11) is 4.08. The predicted octanol–water partition coefficient (Wildman–Crippen LogP) is 6.92. The number of hydrogen-bond donors (Lipinski definition) is 0. The number of methoxy groups -OCH3 is 4. The van der Waals surface area contributed by atoms with E-state index in [1.807, 2.05) is 0 Å². The third kappa shape index (κ3) is 9.93. The van der Waals surface area contributed by atoms with Crippen LogP contribution in [0.4, 0.5) is 37.7 Å². The lowest BCUT2D eigenvalue weighted by Crippen LogP contribution is -2.46. The molecule has 0 aliphatic carbocycles. The molecule has 15 nitrogen and oxygen atoms in total. The van der Waals surface area contributed by atoms with Gasteiger partial charge in [0, 0.05) is 11.1 Å². The van der Waals surface area contributed by atoms with Gasteiger partial charge in [-0.1, -0.05) is 0 Å². The summed E-state index contributed by atoms with van der Waals surface area (Å²) in [5, 5.41) is 10.2. The summed E-state index contributed by atoms with van der Waals surface area (Å²) in [5.41, 5.74) is -3.74. The largest absolute Gasteiger partial charge is 0.467 e. The average Bonchev–Trinajstić information content (AvgIpc) is 3.31. The number of hydrogen-bond acceptors (Lipinski definition) is 15. The minimum atomic E-state index is -4.68. The Hall–Kier alpha value is -8.10. The van der Waals surface area contributed by atoms with E-state index in [-0.39, 0.29) is 34.0 Å². The van der Waals surface area contributed by atoms with Crippen molar-refractivity contribution >= 4 is 58.2 Å². The first-order valence-corrected chi connectivity index (χ1v) is 18.6. The van der Waals surface area contributed by atoms with Crippen molar-refractivity contribution in [1.82, 2.24) is 0 Å². The van der Waals surface area contributed by atoms with Crippen LogP contribution in [0.3, 0.4) is 0 Å². The zero-order chi connectivity index (χ0) is 47.4. The van der Waals surface area contributed by atoms with E-state index in [1.165, 1.54) is 48.5 Å². The topological polar surface area (TPSA) is 180 Å². The van der Waals surface area contributed by atoms with Gasteiger partial charge >= 0.3 is 36.2 Å². The van der Waals surface area contributed by atoms with Crippen molar-refractivity contribution in [1.29, 1.82) is 0 Å². The van der Waals surface area contributed by atoms with Gasteiger partial charge in [0.15, 0.2) is 12.1 Å². The first-order valence-electron chi connectivity index (χ1n) is 18.6. The Morgan fingerprint density at radius 2 is 0.800 bits per heavy atom. The number of halogens is 6. The van der Waals surface area contributed by atoms with Gasteiger partial charge in [-0.25, -0.2) is 29.2 Å². The summed E-state index contributed by atoms with van der Waals surface area (Å²) < 4.78 is 105. The number of Topliss-reactive ketones (excluding diaryl/α,β-unsaturated/α-hetero) is 2. The Balaban J connectivity index is 1.24. The molecule has 2 heterocycles. The molecule has 0 aromatic heterocycles. The van der Waals surface area contributed by atoms with Gasteiger partial charge < -0.3 is 23.7 Å². The van der Waals surface area contributed by atoms with Gasteiger partial charge in [-0.15, -0.1) is 0 Å². The Morgan fingerprint density at radius 3 is 1.08 bits per heavy atom. The number of allylic oxidation sites excluding steroid dienone is 2. The molecule has 4 aromatic carbocycles. The monoisotopic (exact) mass is 906 g/mol. The van der Waals surface area contributed by atoms with Crippen LogP contribution in [0.1, 0.15) is 31.8 Å². The quantitative estimate of drug-likeness (QED) is 0.0620. The minimum absolute atomic E-state index is 0.00816. The number of carbonyl (C=O) groups is 6. The number of benzene rings is 4. The number of ketones is 2. The molecule has 65 heavy (non-hydrogen) atoms. The van der Waals surface area contributed by atoms with Crippen LogP contribution >= 0.6 is 0 Å². The number of hydrazone groups is 2. The van der Waals surface area contributed by atoms with E-state index in [4.69, 9.17) is 23.7 Å². The van der Waals surface area contributed by atoms with Crippen molar-refractivity contribution < 1.29 is 78.8 Å². The van der Waals surface area contributed by atoms with Crippen LogP contribution in [-0.2, 0) is 50.5 Å². The maximum atomic E-state index is 13.8. The van der Waals surface area contributed by atoms with Crippen molar-refractivity contribution in [2.24, 2.45) is 10.2 Å². The maximum absolute atomic E-state index is 13.8. The van der Waals surface area contributed by atoms with Gasteiger partial charge in [0.25, 0.3) is 0 Å². The molecule has 0 amide bonds. The average molecular weight is 907 g/mol. The van der Waals surface area contributed by atoms with Gasteiger partial charge in [0.2, 0.25) is 11.6 Å². The van der Waals surface area contributed by atoms with Crippen molar-refractivity contribution in [3.8, 4) is 11.5 Å². The fraction of sp³-hybridized carbons (Fsp3) is 0.182. The van der Waals surface area contributed by atoms with E-state index in [2.05, 4.69) is 10.2 Å². The molecular formula is C44H32F6N4O11. The summed E-state index contributed by atoms with van der Waals surface area (Å²) in [6.45, 7) is 0. The molecule has 0 saturated heterocycles. The molecule has 0 spiro atoms. The summed E-state index contributed by atoms with van der Waals surface area (Å²) >= 11 is 0. The van der Waals surface area contributed by atoms with Crippen LogP contribution in [0, 0.1) is 0 Å². The van der Waals surface area contributed by atoms with Crippen molar-refractivity contribution in [3.63, 3.8) is 0 Å².